The van der Waals surface area contributed by atoms with Crippen molar-refractivity contribution in [1.29, 1.82) is 0 Å². The van der Waals surface area contributed by atoms with Gasteiger partial charge in [0.15, 0.2) is 5.13 Å². The number of thiazole rings is 1. The van der Waals surface area contributed by atoms with Crippen LogP contribution in [0.5, 0.6) is 0 Å². The summed E-state index contributed by atoms with van der Waals surface area (Å²) in [6, 6.07) is 4.45. The molecule has 1 N–H and O–H groups in total. The van der Waals surface area contributed by atoms with Crippen molar-refractivity contribution < 1.29 is 13.9 Å². The van der Waals surface area contributed by atoms with Crippen LogP contribution >= 0.6 is 11.3 Å². The van der Waals surface area contributed by atoms with E-state index in [4.69, 9.17) is 0 Å². The highest BCUT2D eigenvalue weighted by molar-refractivity contribution is 7.22. The lowest BCUT2D eigenvalue weighted by Crippen LogP contribution is -2.09. The summed E-state index contributed by atoms with van der Waals surface area (Å²) in [4.78, 5) is 15.2. The second kappa shape index (κ2) is 5.09. The van der Waals surface area contributed by atoms with E-state index in [2.05, 4.69) is 15.0 Å². The van der Waals surface area contributed by atoms with Gasteiger partial charge in [-0.1, -0.05) is 11.3 Å². The number of nitrogens with one attached hydrogen (secondary N) is 1. The smallest absolute Gasteiger partial charge is 0.307 e. The van der Waals surface area contributed by atoms with Crippen molar-refractivity contribution >= 4 is 32.7 Å². The number of fused-ring (bicyclic) bond motifs is 1. The molecule has 0 spiro atoms. The van der Waals surface area contributed by atoms with Crippen LogP contribution in [0.3, 0.4) is 0 Å². The number of hydrogen-bond acceptors (Lipinski definition) is 5. The van der Waals surface area contributed by atoms with Gasteiger partial charge < -0.3 is 10.1 Å². The van der Waals surface area contributed by atoms with Gasteiger partial charge in [0.1, 0.15) is 5.82 Å². The summed E-state index contributed by atoms with van der Waals surface area (Å²) < 4.78 is 18.2. The third-order valence-corrected chi connectivity index (χ3v) is 3.16. The van der Waals surface area contributed by atoms with Crippen LogP contribution in [-0.2, 0) is 9.53 Å². The van der Waals surface area contributed by atoms with Gasteiger partial charge in [-0.25, -0.2) is 9.37 Å². The summed E-state index contributed by atoms with van der Waals surface area (Å²) in [5.74, 6) is -0.549. The van der Waals surface area contributed by atoms with Crippen molar-refractivity contribution in [3.05, 3.63) is 24.0 Å². The van der Waals surface area contributed by atoms with E-state index in [0.29, 0.717) is 11.7 Å². The van der Waals surface area contributed by atoms with Crippen molar-refractivity contribution in [2.75, 3.05) is 19.0 Å². The van der Waals surface area contributed by atoms with Gasteiger partial charge in [0.2, 0.25) is 0 Å². The number of halogens is 1. The average Bonchev–Trinajstić information content (AvgIpc) is 2.70. The Hall–Kier alpha value is -1.69. The number of ether oxygens (including phenoxy) is 1. The van der Waals surface area contributed by atoms with E-state index in [1.54, 1.807) is 6.07 Å². The number of hydrogen-bond donors (Lipinski definition) is 1. The van der Waals surface area contributed by atoms with Gasteiger partial charge in [-0.15, -0.1) is 0 Å². The van der Waals surface area contributed by atoms with Gasteiger partial charge in [0, 0.05) is 6.54 Å². The lowest BCUT2D eigenvalue weighted by atomic mass is 10.3. The molecule has 1 aromatic heterocycles. The van der Waals surface area contributed by atoms with Crippen molar-refractivity contribution in [3.8, 4) is 0 Å². The standard InChI is InChI=1S/C11H11FN2O2S/c1-16-10(15)4-5-13-11-14-8-3-2-7(12)6-9(8)17-11/h2-3,6H,4-5H2,1H3,(H,13,14). The first-order chi connectivity index (χ1) is 8.19. The molecule has 0 fully saturated rings. The van der Waals surface area contributed by atoms with Gasteiger partial charge >= 0.3 is 5.97 Å². The van der Waals surface area contributed by atoms with Gasteiger partial charge in [0.25, 0.3) is 0 Å². The van der Waals surface area contributed by atoms with E-state index in [0.717, 1.165) is 10.2 Å². The van der Waals surface area contributed by atoms with Crippen LogP contribution in [0.1, 0.15) is 6.42 Å². The Morgan fingerprint density at radius 1 is 1.59 bits per heavy atom. The number of carbonyl (C=O) groups excluding carboxylic acids is 1. The highest BCUT2D eigenvalue weighted by Crippen LogP contribution is 2.26. The zero-order valence-corrected chi connectivity index (χ0v) is 10.0. The summed E-state index contributed by atoms with van der Waals surface area (Å²) in [5.41, 5.74) is 0.747. The Morgan fingerprint density at radius 2 is 2.41 bits per heavy atom. The van der Waals surface area contributed by atoms with Crippen molar-refractivity contribution in [2.24, 2.45) is 0 Å². The van der Waals surface area contributed by atoms with Crippen LogP contribution < -0.4 is 5.32 Å². The largest absolute Gasteiger partial charge is 0.469 e. The van der Waals surface area contributed by atoms with Crippen LogP contribution in [0, 0.1) is 5.82 Å². The highest BCUT2D eigenvalue weighted by Gasteiger charge is 2.05. The predicted octanol–water partition coefficient (Wildman–Crippen LogP) is 2.41. The molecule has 0 saturated carbocycles. The third kappa shape index (κ3) is 2.91. The summed E-state index contributed by atoms with van der Waals surface area (Å²) in [7, 11) is 1.35. The SMILES string of the molecule is COC(=O)CCNc1nc2ccc(F)cc2s1. The molecule has 0 aliphatic rings. The van der Waals surface area contributed by atoms with Gasteiger partial charge in [-0.3, -0.25) is 4.79 Å². The summed E-state index contributed by atoms with van der Waals surface area (Å²) in [6.07, 6.45) is 0.279. The molecule has 90 valence electrons. The molecule has 17 heavy (non-hydrogen) atoms. The predicted molar refractivity (Wildman–Crippen MR) is 64.7 cm³/mol. The average molecular weight is 254 g/mol. The second-order valence-electron chi connectivity index (χ2n) is 3.38. The van der Waals surface area contributed by atoms with Gasteiger partial charge in [-0.2, -0.15) is 0 Å². The van der Waals surface area contributed by atoms with E-state index in [9.17, 15) is 9.18 Å². The fraction of sp³-hybridized carbons (Fsp3) is 0.273. The Morgan fingerprint density at radius 3 is 3.18 bits per heavy atom. The van der Waals surface area contributed by atoms with Crippen molar-refractivity contribution in [3.63, 3.8) is 0 Å². The molecule has 0 atom stereocenters. The van der Waals surface area contributed by atoms with E-state index in [1.807, 2.05) is 0 Å². The van der Waals surface area contributed by atoms with Gasteiger partial charge in [0.05, 0.1) is 23.7 Å². The Labute approximate surface area is 101 Å². The first-order valence-corrected chi connectivity index (χ1v) is 5.87. The Bertz CT molecular complexity index is 541. The minimum Gasteiger partial charge on any atom is -0.469 e. The molecule has 0 aliphatic carbocycles. The molecule has 0 bridgehead atoms. The molecule has 6 heteroatoms. The first kappa shape index (κ1) is 11.8. The quantitative estimate of drug-likeness (QED) is 0.851. The molecule has 4 nitrogen and oxygen atoms in total. The molecule has 1 aromatic carbocycles. The Kier molecular flexibility index (Phi) is 3.53. The fourth-order valence-electron chi connectivity index (χ4n) is 1.35. The molecular formula is C11H11FN2O2S. The van der Waals surface area contributed by atoms with E-state index >= 15 is 0 Å². The second-order valence-corrected chi connectivity index (χ2v) is 4.41. The molecule has 1 heterocycles. The molecule has 0 amide bonds. The topological polar surface area (TPSA) is 51.2 Å². The maximum atomic E-state index is 12.9. The van der Waals surface area contributed by atoms with Crippen molar-refractivity contribution in [1.82, 2.24) is 4.98 Å². The number of benzene rings is 1. The number of anilines is 1. The summed E-state index contributed by atoms with van der Waals surface area (Å²) >= 11 is 1.36. The Balaban J connectivity index is 2.02. The van der Waals surface area contributed by atoms with Crippen LogP contribution in [0.15, 0.2) is 18.2 Å². The summed E-state index contributed by atoms with van der Waals surface area (Å²) in [6.45, 7) is 0.453. The van der Waals surface area contributed by atoms with E-state index < -0.39 is 0 Å². The van der Waals surface area contributed by atoms with Crippen LogP contribution in [0.25, 0.3) is 10.2 Å². The normalized spacial score (nSPS) is 10.5. The number of esters is 1. The molecule has 2 rings (SSSR count). The lowest BCUT2D eigenvalue weighted by molar-refractivity contribution is -0.140. The molecule has 2 aromatic rings. The maximum Gasteiger partial charge on any atom is 0.307 e. The van der Waals surface area contributed by atoms with E-state index in [-0.39, 0.29) is 18.2 Å². The molecular weight excluding hydrogens is 243 g/mol. The lowest BCUT2D eigenvalue weighted by Gasteiger charge is -2.00. The zero-order valence-electron chi connectivity index (χ0n) is 9.20. The minimum absolute atomic E-state index is 0.273. The zero-order chi connectivity index (χ0) is 12.3. The molecule has 0 radical (unpaired) electrons. The highest BCUT2D eigenvalue weighted by atomic mass is 32.1. The number of rotatable bonds is 4. The van der Waals surface area contributed by atoms with Crippen molar-refractivity contribution in [2.45, 2.75) is 6.42 Å². The number of nitrogens with zero attached hydrogens (tertiary/aromatic N) is 1. The molecule has 0 saturated heterocycles. The number of methoxy groups -OCH3 is 1. The number of carbonyl (C=O) groups is 1. The number of aromatic nitrogens is 1. The summed E-state index contributed by atoms with van der Waals surface area (Å²) in [5, 5.41) is 3.68. The van der Waals surface area contributed by atoms with Crippen LogP contribution in [0.2, 0.25) is 0 Å². The van der Waals surface area contributed by atoms with Crippen LogP contribution in [0.4, 0.5) is 9.52 Å². The minimum atomic E-state index is -0.276. The van der Waals surface area contributed by atoms with Gasteiger partial charge in [-0.05, 0) is 18.2 Å². The monoisotopic (exact) mass is 254 g/mol. The molecule has 0 unspecified atom stereocenters. The maximum absolute atomic E-state index is 12.9. The first-order valence-electron chi connectivity index (χ1n) is 5.06. The fourth-order valence-corrected chi connectivity index (χ4v) is 2.26. The van der Waals surface area contributed by atoms with E-state index in [1.165, 1.54) is 30.6 Å². The third-order valence-electron chi connectivity index (χ3n) is 2.18. The van der Waals surface area contributed by atoms with Crippen LogP contribution in [-0.4, -0.2) is 24.6 Å². The molecule has 0 aliphatic heterocycles.